The summed E-state index contributed by atoms with van der Waals surface area (Å²) >= 11 is 0. The number of hydrogen-bond acceptors (Lipinski definition) is 2. The summed E-state index contributed by atoms with van der Waals surface area (Å²) in [4.78, 5) is 11.7. The lowest BCUT2D eigenvalue weighted by Gasteiger charge is -2.61. The Balaban J connectivity index is 1.91. The minimum absolute atomic E-state index is 0.136. The first-order chi connectivity index (χ1) is 7.93. The van der Waals surface area contributed by atoms with Crippen molar-refractivity contribution in [1.82, 2.24) is 5.32 Å². The fraction of sp³-hybridized carbons (Fsp3) is 0.929. The van der Waals surface area contributed by atoms with Crippen LogP contribution in [-0.2, 0) is 4.79 Å². The van der Waals surface area contributed by atoms with E-state index >= 15 is 0 Å². The van der Waals surface area contributed by atoms with Gasteiger partial charge in [-0.05, 0) is 50.4 Å². The van der Waals surface area contributed by atoms with Gasteiger partial charge in [-0.3, -0.25) is 4.79 Å². The third-order valence-corrected chi connectivity index (χ3v) is 5.11. The molecule has 96 valence electrons. The molecule has 0 spiro atoms. The number of aliphatic carboxylic acids is 1. The van der Waals surface area contributed by atoms with Crippen LogP contribution in [0.2, 0.25) is 0 Å². The molecule has 0 saturated heterocycles. The molecule has 0 aromatic rings. The lowest BCUT2D eigenvalue weighted by atomic mass is 9.47. The summed E-state index contributed by atoms with van der Waals surface area (Å²) in [5, 5.41) is 13.3. The molecule has 4 saturated carbocycles. The number of rotatable bonds is 3. The third-order valence-electron chi connectivity index (χ3n) is 5.11. The number of hydrogen-bond donors (Lipinski definition) is 2. The molecule has 2 unspecified atom stereocenters. The summed E-state index contributed by atoms with van der Waals surface area (Å²) in [5.41, 5.74) is -0.261. The molecule has 0 amide bonds. The smallest absolute Gasteiger partial charge is 0.309 e. The molecule has 2 atom stereocenters. The van der Waals surface area contributed by atoms with Crippen LogP contribution >= 0.6 is 0 Å². The van der Waals surface area contributed by atoms with Gasteiger partial charge in [0, 0.05) is 11.6 Å². The van der Waals surface area contributed by atoms with Gasteiger partial charge in [-0.2, -0.15) is 0 Å². The Labute approximate surface area is 103 Å². The summed E-state index contributed by atoms with van der Waals surface area (Å²) in [7, 11) is 0. The molecule has 3 nitrogen and oxygen atoms in total. The summed E-state index contributed by atoms with van der Waals surface area (Å²) in [6, 6.07) is 0.456. The van der Waals surface area contributed by atoms with E-state index in [0.717, 1.165) is 19.3 Å². The second kappa shape index (κ2) is 3.47. The van der Waals surface area contributed by atoms with E-state index in [0.29, 0.717) is 17.9 Å². The van der Waals surface area contributed by atoms with Gasteiger partial charge in [0.15, 0.2) is 0 Å². The summed E-state index contributed by atoms with van der Waals surface area (Å²) < 4.78 is 0. The van der Waals surface area contributed by atoms with Crippen LogP contribution in [0, 0.1) is 17.3 Å². The monoisotopic (exact) mass is 237 g/mol. The Hall–Kier alpha value is -0.570. The minimum atomic E-state index is -0.540. The molecule has 0 heterocycles. The SMILES string of the molecule is CC(C)NC12CC3CC(C1)CC(C(=O)O)(C3)C2. The lowest BCUT2D eigenvalue weighted by molar-refractivity contribution is -0.168. The van der Waals surface area contributed by atoms with Crippen molar-refractivity contribution in [2.24, 2.45) is 17.3 Å². The van der Waals surface area contributed by atoms with Crippen molar-refractivity contribution < 1.29 is 9.90 Å². The van der Waals surface area contributed by atoms with Crippen LogP contribution in [0.25, 0.3) is 0 Å². The van der Waals surface area contributed by atoms with Crippen molar-refractivity contribution in [3.05, 3.63) is 0 Å². The third kappa shape index (κ3) is 1.70. The number of carboxylic acid groups (broad SMARTS) is 1. The maximum absolute atomic E-state index is 11.7. The maximum Gasteiger partial charge on any atom is 0.309 e. The molecule has 4 aliphatic carbocycles. The Morgan fingerprint density at radius 3 is 2.29 bits per heavy atom. The van der Waals surface area contributed by atoms with Gasteiger partial charge in [-0.15, -0.1) is 0 Å². The van der Waals surface area contributed by atoms with Crippen molar-refractivity contribution in [1.29, 1.82) is 0 Å². The Morgan fingerprint density at radius 1 is 1.24 bits per heavy atom. The van der Waals surface area contributed by atoms with Gasteiger partial charge in [0.2, 0.25) is 0 Å². The highest BCUT2D eigenvalue weighted by Crippen LogP contribution is 2.61. The van der Waals surface area contributed by atoms with E-state index in [9.17, 15) is 9.90 Å². The molecule has 0 aromatic carbocycles. The van der Waals surface area contributed by atoms with E-state index < -0.39 is 11.4 Å². The molecule has 3 heteroatoms. The van der Waals surface area contributed by atoms with E-state index in [4.69, 9.17) is 0 Å². The molecule has 4 bridgehead atoms. The minimum Gasteiger partial charge on any atom is -0.481 e. The Bertz CT molecular complexity index is 331. The van der Waals surface area contributed by atoms with Crippen molar-refractivity contribution in [3.63, 3.8) is 0 Å². The summed E-state index contributed by atoms with van der Waals surface area (Å²) in [6.07, 6.45) is 6.41. The standard InChI is InChI=1S/C14H23NO2/c1-9(2)15-14-6-10-3-11(7-14)5-13(4-10,8-14)12(16)17/h9-11,15H,3-8H2,1-2H3,(H,16,17). The summed E-state index contributed by atoms with van der Waals surface area (Å²) in [5.74, 6) is 0.763. The average molecular weight is 237 g/mol. The van der Waals surface area contributed by atoms with Crippen LogP contribution in [0.4, 0.5) is 0 Å². The number of nitrogens with one attached hydrogen (secondary N) is 1. The highest BCUT2D eigenvalue weighted by atomic mass is 16.4. The van der Waals surface area contributed by atoms with E-state index in [-0.39, 0.29) is 5.54 Å². The van der Waals surface area contributed by atoms with Crippen LogP contribution < -0.4 is 5.32 Å². The van der Waals surface area contributed by atoms with E-state index in [1.54, 1.807) is 0 Å². The lowest BCUT2D eigenvalue weighted by Crippen LogP contribution is -2.64. The van der Waals surface area contributed by atoms with Crippen LogP contribution in [0.5, 0.6) is 0 Å². The van der Waals surface area contributed by atoms with Crippen molar-refractivity contribution >= 4 is 5.97 Å². The van der Waals surface area contributed by atoms with Gasteiger partial charge >= 0.3 is 5.97 Å². The topological polar surface area (TPSA) is 49.3 Å². The van der Waals surface area contributed by atoms with Crippen LogP contribution in [0.1, 0.15) is 52.4 Å². The zero-order valence-electron chi connectivity index (χ0n) is 10.8. The van der Waals surface area contributed by atoms with Gasteiger partial charge in [0.05, 0.1) is 5.41 Å². The summed E-state index contributed by atoms with van der Waals surface area (Å²) in [6.45, 7) is 4.35. The number of carbonyl (C=O) groups is 1. The van der Waals surface area contributed by atoms with Crippen LogP contribution in [0.3, 0.4) is 0 Å². The molecule has 17 heavy (non-hydrogen) atoms. The number of carboxylic acids is 1. The first-order valence-electron chi connectivity index (χ1n) is 6.94. The quantitative estimate of drug-likeness (QED) is 0.792. The van der Waals surface area contributed by atoms with Crippen molar-refractivity contribution in [2.75, 3.05) is 0 Å². The van der Waals surface area contributed by atoms with Crippen molar-refractivity contribution in [2.45, 2.75) is 64.0 Å². The highest BCUT2D eigenvalue weighted by molar-refractivity contribution is 5.75. The van der Waals surface area contributed by atoms with Gasteiger partial charge in [0.25, 0.3) is 0 Å². The van der Waals surface area contributed by atoms with Crippen LogP contribution in [-0.4, -0.2) is 22.7 Å². The molecule has 4 aliphatic rings. The van der Waals surface area contributed by atoms with Crippen molar-refractivity contribution in [3.8, 4) is 0 Å². The molecule has 4 rings (SSSR count). The zero-order valence-corrected chi connectivity index (χ0v) is 10.8. The van der Waals surface area contributed by atoms with E-state index in [1.165, 1.54) is 19.3 Å². The molecule has 4 fully saturated rings. The highest BCUT2D eigenvalue weighted by Gasteiger charge is 2.60. The second-order valence-electron chi connectivity index (χ2n) is 7.13. The molecule has 0 radical (unpaired) electrons. The van der Waals surface area contributed by atoms with Crippen LogP contribution in [0.15, 0.2) is 0 Å². The predicted molar refractivity (Wildman–Crippen MR) is 65.8 cm³/mol. The molecule has 0 aromatic heterocycles. The molecule has 2 N–H and O–H groups in total. The largest absolute Gasteiger partial charge is 0.481 e. The first kappa shape index (κ1) is 11.5. The fourth-order valence-corrected chi connectivity index (χ4v) is 5.29. The zero-order chi connectivity index (χ0) is 12.3. The normalized spacial score (nSPS) is 47.7. The molecule has 0 aliphatic heterocycles. The Kier molecular flexibility index (Phi) is 2.35. The maximum atomic E-state index is 11.7. The van der Waals surface area contributed by atoms with E-state index in [2.05, 4.69) is 19.2 Å². The average Bonchev–Trinajstić information content (AvgIpc) is 2.12. The second-order valence-corrected chi connectivity index (χ2v) is 7.13. The Morgan fingerprint density at radius 2 is 1.82 bits per heavy atom. The first-order valence-corrected chi connectivity index (χ1v) is 6.94. The molecular formula is C14H23NO2. The van der Waals surface area contributed by atoms with Gasteiger partial charge in [-0.1, -0.05) is 13.8 Å². The fourth-order valence-electron chi connectivity index (χ4n) is 5.29. The van der Waals surface area contributed by atoms with E-state index in [1.807, 2.05) is 0 Å². The van der Waals surface area contributed by atoms with Gasteiger partial charge < -0.3 is 10.4 Å². The predicted octanol–water partition coefficient (Wildman–Crippen LogP) is 2.41. The van der Waals surface area contributed by atoms with Gasteiger partial charge in [0.1, 0.15) is 0 Å². The molecular weight excluding hydrogens is 214 g/mol. The van der Waals surface area contributed by atoms with Gasteiger partial charge in [-0.25, -0.2) is 0 Å².